The third-order valence-corrected chi connectivity index (χ3v) is 3.07. The number of anilines is 1. The largest absolute Gasteiger partial charge is 0.394 e. The Morgan fingerprint density at radius 2 is 1.95 bits per heavy atom. The van der Waals surface area contributed by atoms with Crippen LogP contribution in [0.15, 0.2) is 39.9 Å². The van der Waals surface area contributed by atoms with E-state index in [1.54, 1.807) is 13.8 Å². The molecular formula is C14H18N4O3. The maximum absolute atomic E-state index is 11.9. The number of hydrogen-bond acceptors (Lipinski definition) is 5. The molecule has 0 fully saturated rings. The van der Waals surface area contributed by atoms with Crippen LogP contribution >= 0.6 is 0 Å². The Kier molecular flexibility index (Phi) is 4.54. The molecule has 21 heavy (non-hydrogen) atoms. The number of H-pyrrole nitrogens is 1. The Bertz CT molecular complexity index is 675. The van der Waals surface area contributed by atoms with Crippen LogP contribution in [0.5, 0.6) is 0 Å². The normalized spacial score (nSPS) is 12.4. The predicted molar refractivity (Wildman–Crippen MR) is 79.4 cm³/mol. The van der Waals surface area contributed by atoms with Crippen molar-refractivity contribution in [3.8, 4) is 0 Å². The van der Waals surface area contributed by atoms with E-state index in [1.165, 1.54) is 0 Å². The molecule has 0 aliphatic rings. The highest BCUT2D eigenvalue weighted by Gasteiger charge is 2.13. The van der Waals surface area contributed by atoms with Crippen LogP contribution in [0.2, 0.25) is 0 Å². The molecule has 0 aliphatic carbocycles. The average molecular weight is 290 g/mol. The number of rotatable bonds is 5. The summed E-state index contributed by atoms with van der Waals surface area (Å²) in [4.78, 5) is 30.0. The zero-order valence-electron chi connectivity index (χ0n) is 11.9. The molecule has 1 unspecified atom stereocenters. The lowest BCUT2D eigenvalue weighted by Gasteiger charge is -2.17. The molecule has 0 bridgehead atoms. The van der Waals surface area contributed by atoms with Gasteiger partial charge in [-0.3, -0.25) is 4.98 Å². The summed E-state index contributed by atoms with van der Waals surface area (Å²) in [7, 11) is 0. The summed E-state index contributed by atoms with van der Waals surface area (Å²) < 4.78 is 1.03. The Labute approximate surface area is 121 Å². The van der Waals surface area contributed by atoms with E-state index in [-0.39, 0.29) is 18.6 Å². The summed E-state index contributed by atoms with van der Waals surface area (Å²) in [6.45, 7) is 3.26. The van der Waals surface area contributed by atoms with Crippen LogP contribution in [0.25, 0.3) is 0 Å². The third-order valence-electron chi connectivity index (χ3n) is 3.07. The van der Waals surface area contributed by atoms with Crippen molar-refractivity contribution < 1.29 is 5.11 Å². The van der Waals surface area contributed by atoms with Gasteiger partial charge in [0.15, 0.2) is 0 Å². The molecular weight excluding hydrogens is 272 g/mol. The second kappa shape index (κ2) is 6.36. The summed E-state index contributed by atoms with van der Waals surface area (Å²) in [6, 6.07) is 8.48. The Hall–Kier alpha value is -2.41. The molecule has 3 N–H and O–H groups in total. The van der Waals surface area contributed by atoms with Crippen molar-refractivity contribution in [3.05, 3.63) is 56.9 Å². The summed E-state index contributed by atoms with van der Waals surface area (Å²) in [6.07, 6.45) is 0. The van der Waals surface area contributed by atoms with E-state index in [4.69, 9.17) is 0 Å². The number of aromatic amines is 1. The van der Waals surface area contributed by atoms with Gasteiger partial charge in [-0.05, 0) is 19.4 Å². The van der Waals surface area contributed by atoms with E-state index < -0.39 is 17.4 Å². The number of nitrogens with one attached hydrogen (secondary N) is 2. The van der Waals surface area contributed by atoms with Crippen LogP contribution < -0.4 is 16.7 Å². The van der Waals surface area contributed by atoms with Gasteiger partial charge >= 0.3 is 11.4 Å². The molecule has 0 saturated heterocycles. The highest BCUT2D eigenvalue weighted by Crippen LogP contribution is 2.15. The van der Waals surface area contributed by atoms with E-state index in [1.807, 2.05) is 30.3 Å². The minimum absolute atomic E-state index is 0.0461. The summed E-state index contributed by atoms with van der Waals surface area (Å²) >= 11 is 0. The number of aromatic nitrogens is 3. The lowest BCUT2D eigenvalue weighted by atomic mass is 10.1. The zero-order chi connectivity index (χ0) is 15.4. The van der Waals surface area contributed by atoms with Crippen molar-refractivity contribution in [2.24, 2.45) is 0 Å². The first kappa shape index (κ1) is 15.0. The van der Waals surface area contributed by atoms with Gasteiger partial charge in [0.05, 0.1) is 12.6 Å². The van der Waals surface area contributed by atoms with E-state index in [2.05, 4.69) is 15.3 Å². The minimum atomic E-state index is -0.624. The van der Waals surface area contributed by atoms with Crippen molar-refractivity contribution >= 4 is 5.95 Å². The summed E-state index contributed by atoms with van der Waals surface area (Å²) in [5.74, 6) is 0.0461. The monoisotopic (exact) mass is 290 g/mol. The van der Waals surface area contributed by atoms with Crippen molar-refractivity contribution in [3.63, 3.8) is 0 Å². The first-order chi connectivity index (χ1) is 10.0. The predicted octanol–water partition coefficient (Wildman–Crippen LogP) is 0.658. The van der Waals surface area contributed by atoms with E-state index in [0.717, 1.165) is 10.1 Å². The fourth-order valence-corrected chi connectivity index (χ4v) is 2.03. The molecule has 0 radical (unpaired) electrons. The highest BCUT2D eigenvalue weighted by molar-refractivity contribution is 5.30. The van der Waals surface area contributed by atoms with Crippen LogP contribution in [0.3, 0.4) is 0 Å². The summed E-state index contributed by atoms with van der Waals surface area (Å²) in [5.41, 5.74) is -0.325. The number of aliphatic hydroxyl groups excluding tert-OH is 1. The van der Waals surface area contributed by atoms with Crippen LogP contribution in [-0.2, 0) is 0 Å². The quantitative estimate of drug-likeness (QED) is 0.751. The standard InChI is InChI=1S/C14H18N4O3/c1-9(2)18-13(20)16-12(17-14(18)21)15-11(8-19)10-6-4-3-5-7-10/h3-7,9,11,19H,8H2,1-2H3,(H2,15,16,17,20,21). The molecule has 0 amide bonds. The van der Waals surface area contributed by atoms with Crippen molar-refractivity contribution in [1.29, 1.82) is 0 Å². The molecule has 1 aromatic carbocycles. The first-order valence-electron chi connectivity index (χ1n) is 6.68. The topological polar surface area (TPSA) is 100 Å². The molecule has 0 saturated carbocycles. The average Bonchev–Trinajstić information content (AvgIpc) is 2.44. The lowest BCUT2D eigenvalue weighted by molar-refractivity contribution is 0.275. The van der Waals surface area contributed by atoms with Gasteiger partial charge in [0.1, 0.15) is 0 Å². The molecule has 7 heteroatoms. The number of aliphatic hydroxyl groups is 1. The molecule has 0 spiro atoms. The van der Waals surface area contributed by atoms with Gasteiger partial charge in [0.25, 0.3) is 0 Å². The van der Waals surface area contributed by atoms with Gasteiger partial charge in [-0.1, -0.05) is 30.3 Å². The Morgan fingerprint density at radius 3 is 2.48 bits per heavy atom. The van der Waals surface area contributed by atoms with Gasteiger partial charge in [0.2, 0.25) is 5.95 Å². The lowest BCUT2D eigenvalue weighted by Crippen LogP contribution is -2.39. The maximum Gasteiger partial charge on any atom is 0.355 e. The van der Waals surface area contributed by atoms with Gasteiger partial charge < -0.3 is 10.4 Å². The molecule has 1 heterocycles. The van der Waals surface area contributed by atoms with Crippen LogP contribution in [0.4, 0.5) is 5.95 Å². The van der Waals surface area contributed by atoms with Crippen molar-refractivity contribution in [2.75, 3.05) is 11.9 Å². The minimum Gasteiger partial charge on any atom is -0.394 e. The van der Waals surface area contributed by atoms with Gasteiger partial charge in [-0.25, -0.2) is 14.2 Å². The first-order valence-corrected chi connectivity index (χ1v) is 6.68. The van der Waals surface area contributed by atoms with E-state index in [9.17, 15) is 14.7 Å². The highest BCUT2D eigenvalue weighted by atomic mass is 16.3. The van der Waals surface area contributed by atoms with Gasteiger partial charge in [-0.15, -0.1) is 0 Å². The Morgan fingerprint density at radius 1 is 1.29 bits per heavy atom. The van der Waals surface area contributed by atoms with Crippen LogP contribution in [0, 0.1) is 0 Å². The maximum atomic E-state index is 11.9. The molecule has 1 aromatic heterocycles. The number of nitrogens with zero attached hydrogens (tertiary/aromatic N) is 2. The molecule has 2 rings (SSSR count). The number of hydrogen-bond donors (Lipinski definition) is 3. The smallest absolute Gasteiger partial charge is 0.355 e. The van der Waals surface area contributed by atoms with Gasteiger partial charge in [0, 0.05) is 6.04 Å². The van der Waals surface area contributed by atoms with E-state index in [0.29, 0.717) is 0 Å². The van der Waals surface area contributed by atoms with Crippen molar-refractivity contribution in [1.82, 2.24) is 14.5 Å². The van der Waals surface area contributed by atoms with Gasteiger partial charge in [-0.2, -0.15) is 4.98 Å². The molecule has 7 nitrogen and oxygen atoms in total. The number of benzene rings is 1. The van der Waals surface area contributed by atoms with Crippen LogP contribution in [-0.4, -0.2) is 26.2 Å². The zero-order valence-corrected chi connectivity index (χ0v) is 11.9. The molecule has 2 aromatic rings. The van der Waals surface area contributed by atoms with Crippen molar-refractivity contribution in [2.45, 2.75) is 25.9 Å². The molecule has 0 aliphatic heterocycles. The second-order valence-electron chi connectivity index (χ2n) is 4.93. The Balaban J connectivity index is 2.31. The second-order valence-corrected chi connectivity index (χ2v) is 4.93. The molecule has 1 atom stereocenters. The SMILES string of the molecule is CC(C)n1c(=O)nc(NC(CO)c2ccccc2)[nH]c1=O. The fourth-order valence-electron chi connectivity index (χ4n) is 2.03. The molecule has 112 valence electrons. The summed E-state index contributed by atoms with van der Waals surface area (Å²) in [5, 5.41) is 12.3. The third kappa shape index (κ3) is 3.38. The van der Waals surface area contributed by atoms with E-state index >= 15 is 0 Å². The fraction of sp³-hybridized carbons (Fsp3) is 0.357. The van der Waals surface area contributed by atoms with Crippen LogP contribution in [0.1, 0.15) is 31.5 Å².